The van der Waals surface area contributed by atoms with Gasteiger partial charge in [0.05, 0.1) is 12.5 Å². The Morgan fingerprint density at radius 1 is 1.21 bits per heavy atom. The first kappa shape index (κ1) is 19.5. The second-order valence-electron chi connectivity index (χ2n) is 5.70. The number of nitriles is 1. The van der Waals surface area contributed by atoms with Gasteiger partial charge in [0, 0.05) is 21.7 Å². The van der Waals surface area contributed by atoms with E-state index in [0.29, 0.717) is 22.1 Å². The van der Waals surface area contributed by atoms with E-state index in [1.54, 1.807) is 47.8 Å². The van der Waals surface area contributed by atoms with Crippen LogP contribution in [0.1, 0.15) is 16.1 Å². The number of carbonyl (C=O) groups is 2. The molecule has 140 valence electrons. The summed E-state index contributed by atoms with van der Waals surface area (Å²) in [7, 11) is 0. The van der Waals surface area contributed by atoms with Crippen molar-refractivity contribution in [1.82, 2.24) is 4.98 Å². The van der Waals surface area contributed by atoms with Gasteiger partial charge in [-0.1, -0.05) is 35.9 Å². The van der Waals surface area contributed by atoms with Crippen LogP contribution in [-0.2, 0) is 16.0 Å². The van der Waals surface area contributed by atoms with E-state index in [1.165, 1.54) is 11.3 Å². The highest BCUT2D eigenvalue weighted by Gasteiger charge is 2.15. The Morgan fingerprint density at radius 2 is 2.00 bits per heavy atom. The lowest BCUT2D eigenvalue weighted by molar-refractivity contribution is -0.119. The van der Waals surface area contributed by atoms with Crippen LogP contribution < -0.4 is 5.32 Å². The van der Waals surface area contributed by atoms with Gasteiger partial charge >= 0.3 is 5.97 Å². The van der Waals surface area contributed by atoms with Crippen LogP contribution in [0.3, 0.4) is 0 Å². The molecule has 0 spiro atoms. The zero-order valence-corrected chi connectivity index (χ0v) is 16.1. The Labute approximate surface area is 170 Å². The standard InChI is InChI=1S/C20H14ClN3O3S/c21-15-3-1-2-14(10-15)19-24-17(12-28-19)20(26)27-11-18(25)23-16-6-4-13(5-7-16)8-9-22/h1-7,10,12H,8,11H2,(H,23,25). The molecule has 0 unspecified atom stereocenters. The average molecular weight is 412 g/mol. The summed E-state index contributed by atoms with van der Waals surface area (Å²) in [6.45, 7) is -0.428. The zero-order chi connectivity index (χ0) is 19.9. The lowest BCUT2D eigenvalue weighted by Crippen LogP contribution is -2.21. The van der Waals surface area contributed by atoms with Crippen molar-refractivity contribution in [2.24, 2.45) is 0 Å². The zero-order valence-electron chi connectivity index (χ0n) is 14.5. The van der Waals surface area contributed by atoms with Crippen LogP contribution in [0.4, 0.5) is 5.69 Å². The third-order valence-corrected chi connectivity index (χ3v) is 4.77. The molecule has 6 nitrogen and oxygen atoms in total. The molecule has 1 aromatic heterocycles. The smallest absolute Gasteiger partial charge is 0.358 e. The molecule has 3 aromatic rings. The molecule has 0 atom stereocenters. The van der Waals surface area contributed by atoms with E-state index >= 15 is 0 Å². The third-order valence-electron chi connectivity index (χ3n) is 3.64. The van der Waals surface area contributed by atoms with E-state index in [9.17, 15) is 9.59 Å². The summed E-state index contributed by atoms with van der Waals surface area (Å²) in [5.74, 6) is -1.14. The summed E-state index contributed by atoms with van der Waals surface area (Å²) in [6.07, 6.45) is 0.302. The Morgan fingerprint density at radius 3 is 2.71 bits per heavy atom. The van der Waals surface area contributed by atoms with Crippen molar-refractivity contribution < 1.29 is 14.3 Å². The largest absolute Gasteiger partial charge is 0.451 e. The SMILES string of the molecule is N#CCc1ccc(NC(=O)COC(=O)c2csc(-c3cccc(Cl)c3)n2)cc1. The van der Waals surface area contributed by atoms with Gasteiger partial charge in [0.25, 0.3) is 5.91 Å². The van der Waals surface area contributed by atoms with Crippen LogP contribution in [0.2, 0.25) is 5.02 Å². The predicted molar refractivity (Wildman–Crippen MR) is 107 cm³/mol. The summed E-state index contributed by atoms with van der Waals surface area (Å²) in [6, 6.07) is 16.1. The van der Waals surface area contributed by atoms with Crippen molar-refractivity contribution in [1.29, 1.82) is 5.26 Å². The molecule has 0 saturated heterocycles. The summed E-state index contributed by atoms with van der Waals surface area (Å²) in [5.41, 5.74) is 2.34. The Hall–Kier alpha value is -3.21. The molecule has 0 radical (unpaired) electrons. The molecule has 3 rings (SSSR count). The van der Waals surface area contributed by atoms with Crippen molar-refractivity contribution in [3.8, 4) is 16.6 Å². The Bertz CT molecular complexity index is 1040. The fraction of sp³-hybridized carbons (Fsp3) is 0.100. The molecule has 8 heteroatoms. The van der Waals surface area contributed by atoms with Crippen molar-refractivity contribution in [3.05, 3.63) is 70.2 Å². The molecule has 1 amide bonds. The first-order valence-corrected chi connectivity index (χ1v) is 9.45. The molecule has 0 fully saturated rings. The van der Waals surface area contributed by atoms with Gasteiger partial charge in [0.1, 0.15) is 5.01 Å². The number of esters is 1. The van der Waals surface area contributed by atoms with Crippen LogP contribution >= 0.6 is 22.9 Å². The number of anilines is 1. The van der Waals surface area contributed by atoms with Gasteiger partial charge in [-0.05, 0) is 29.8 Å². The number of thiazole rings is 1. The molecular formula is C20H14ClN3O3S. The van der Waals surface area contributed by atoms with Crippen LogP contribution in [0, 0.1) is 11.3 Å². The number of hydrogen-bond acceptors (Lipinski definition) is 6. The molecule has 1 N–H and O–H groups in total. The highest BCUT2D eigenvalue weighted by molar-refractivity contribution is 7.13. The normalized spacial score (nSPS) is 10.1. The fourth-order valence-electron chi connectivity index (χ4n) is 2.32. The molecular weight excluding hydrogens is 398 g/mol. The van der Waals surface area contributed by atoms with Gasteiger partial charge in [0.15, 0.2) is 12.3 Å². The van der Waals surface area contributed by atoms with Crippen molar-refractivity contribution >= 4 is 40.5 Å². The lowest BCUT2D eigenvalue weighted by atomic mass is 10.1. The molecule has 0 aliphatic rings. The van der Waals surface area contributed by atoms with E-state index < -0.39 is 18.5 Å². The topological polar surface area (TPSA) is 92.1 Å². The van der Waals surface area contributed by atoms with Gasteiger partial charge in [-0.3, -0.25) is 4.79 Å². The van der Waals surface area contributed by atoms with Crippen LogP contribution in [0.25, 0.3) is 10.6 Å². The predicted octanol–water partition coefficient (Wildman–Crippen LogP) is 4.33. The highest BCUT2D eigenvalue weighted by Crippen LogP contribution is 2.26. The number of hydrogen-bond donors (Lipinski definition) is 1. The van der Waals surface area contributed by atoms with Crippen molar-refractivity contribution in [3.63, 3.8) is 0 Å². The Balaban J connectivity index is 1.54. The first-order chi connectivity index (χ1) is 13.5. The molecule has 28 heavy (non-hydrogen) atoms. The maximum absolute atomic E-state index is 12.1. The van der Waals surface area contributed by atoms with E-state index in [2.05, 4.69) is 16.4 Å². The third kappa shape index (κ3) is 5.16. The summed E-state index contributed by atoms with van der Waals surface area (Å²) >= 11 is 7.25. The number of halogens is 1. The lowest BCUT2D eigenvalue weighted by Gasteiger charge is -2.06. The maximum Gasteiger partial charge on any atom is 0.358 e. The van der Waals surface area contributed by atoms with E-state index in [4.69, 9.17) is 21.6 Å². The number of amides is 1. The van der Waals surface area contributed by atoms with Gasteiger partial charge in [-0.15, -0.1) is 11.3 Å². The number of benzene rings is 2. The number of nitrogens with one attached hydrogen (secondary N) is 1. The highest BCUT2D eigenvalue weighted by atomic mass is 35.5. The van der Waals surface area contributed by atoms with Crippen LogP contribution in [0.5, 0.6) is 0 Å². The number of aromatic nitrogens is 1. The molecule has 1 heterocycles. The van der Waals surface area contributed by atoms with Gasteiger partial charge in [-0.2, -0.15) is 5.26 Å². The second-order valence-corrected chi connectivity index (χ2v) is 7.00. The fourth-order valence-corrected chi connectivity index (χ4v) is 3.30. The maximum atomic E-state index is 12.1. The molecule has 2 aromatic carbocycles. The monoisotopic (exact) mass is 411 g/mol. The first-order valence-electron chi connectivity index (χ1n) is 8.19. The van der Waals surface area contributed by atoms with Crippen molar-refractivity contribution in [2.45, 2.75) is 6.42 Å². The minimum Gasteiger partial charge on any atom is -0.451 e. The molecule has 0 aliphatic heterocycles. The quantitative estimate of drug-likeness (QED) is 0.609. The van der Waals surface area contributed by atoms with Gasteiger partial charge in [-0.25, -0.2) is 9.78 Å². The van der Waals surface area contributed by atoms with E-state index in [1.807, 2.05) is 6.07 Å². The summed E-state index contributed by atoms with van der Waals surface area (Å²) in [4.78, 5) is 28.3. The van der Waals surface area contributed by atoms with Gasteiger partial charge in [0.2, 0.25) is 0 Å². The van der Waals surface area contributed by atoms with Crippen molar-refractivity contribution in [2.75, 3.05) is 11.9 Å². The minimum atomic E-state index is -0.677. The van der Waals surface area contributed by atoms with E-state index in [0.717, 1.165) is 11.1 Å². The Kier molecular flexibility index (Phi) is 6.37. The van der Waals surface area contributed by atoms with Crippen LogP contribution in [0.15, 0.2) is 53.9 Å². The molecule has 0 aliphatic carbocycles. The average Bonchev–Trinajstić information content (AvgIpc) is 3.18. The van der Waals surface area contributed by atoms with Crippen LogP contribution in [-0.4, -0.2) is 23.5 Å². The van der Waals surface area contributed by atoms with E-state index in [-0.39, 0.29) is 5.69 Å². The minimum absolute atomic E-state index is 0.133. The number of rotatable bonds is 6. The summed E-state index contributed by atoms with van der Waals surface area (Å²) < 4.78 is 5.02. The number of nitrogens with zero attached hydrogens (tertiary/aromatic N) is 2. The molecule has 0 bridgehead atoms. The number of carbonyl (C=O) groups excluding carboxylic acids is 2. The number of ether oxygens (including phenoxy) is 1. The van der Waals surface area contributed by atoms with Gasteiger partial charge < -0.3 is 10.1 Å². The molecule has 0 saturated carbocycles. The second kappa shape index (κ2) is 9.13. The summed E-state index contributed by atoms with van der Waals surface area (Å²) in [5, 5.41) is 14.1.